The standard InChI is InChI=1S/C18H14ClN3OS/c19-15-3-1-2-13(10-15)4-5-17(23)21-11-16-12-24-18(22-16)14-6-8-20-9-7-14/h1-10,12H,11H2,(H,21,23)/b5-4+. The van der Waals surface area contributed by atoms with Crippen molar-refractivity contribution in [3.8, 4) is 10.6 Å². The van der Waals surface area contributed by atoms with E-state index in [9.17, 15) is 4.79 Å². The Hall–Kier alpha value is -2.50. The molecule has 0 aliphatic heterocycles. The SMILES string of the molecule is O=C(/C=C/c1cccc(Cl)c1)NCc1csc(-c2ccncc2)n1. The topological polar surface area (TPSA) is 54.9 Å². The Morgan fingerprint density at radius 2 is 2.08 bits per heavy atom. The fraction of sp³-hybridized carbons (Fsp3) is 0.0556. The van der Waals surface area contributed by atoms with E-state index in [4.69, 9.17) is 11.6 Å². The Morgan fingerprint density at radius 3 is 2.88 bits per heavy atom. The van der Waals surface area contributed by atoms with Crippen molar-refractivity contribution in [2.75, 3.05) is 0 Å². The van der Waals surface area contributed by atoms with Gasteiger partial charge in [0.15, 0.2) is 0 Å². The molecule has 0 aliphatic rings. The van der Waals surface area contributed by atoms with E-state index in [1.807, 2.05) is 29.6 Å². The van der Waals surface area contributed by atoms with Crippen LogP contribution in [0.15, 0.2) is 60.2 Å². The fourth-order valence-electron chi connectivity index (χ4n) is 2.03. The molecule has 0 saturated heterocycles. The summed E-state index contributed by atoms with van der Waals surface area (Å²) in [6.07, 6.45) is 6.68. The molecule has 0 fully saturated rings. The smallest absolute Gasteiger partial charge is 0.244 e. The predicted molar refractivity (Wildman–Crippen MR) is 97.7 cm³/mol. The summed E-state index contributed by atoms with van der Waals surface area (Å²) < 4.78 is 0. The highest BCUT2D eigenvalue weighted by atomic mass is 35.5. The number of pyridine rings is 1. The molecule has 0 unspecified atom stereocenters. The van der Waals surface area contributed by atoms with Crippen molar-refractivity contribution < 1.29 is 4.79 Å². The van der Waals surface area contributed by atoms with Crippen LogP contribution in [0.5, 0.6) is 0 Å². The molecule has 24 heavy (non-hydrogen) atoms. The number of thiazole rings is 1. The zero-order chi connectivity index (χ0) is 16.8. The van der Waals surface area contributed by atoms with E-state index in [1.54, 1.807) is 41.9 Å². The first kappa shape index (κ1) is 16.4. The Kier molecular flexibility index (Phi) is 5.36. The summed E-state index contributed by atoms with van der Waals surface area (Å²) in [5.74, 6) is -0.173. The molecule has 2 heterocycles. The minimum atomic E-state index is -0.173. The number of halogens is 1. The highest BCUT2D eigenvalue weighted by molar-refractivity contribution is 7.13. The molecule has 0 radical (unpaired) electrons. The van der Waals surface area contributed by atoms with E-state index < -0.39 is 0 Å². The molecule has 0 saturated carbocycles. The van der Waals surface area contributed by atoms with Gasteiger partial charge in [-0.2, -0.15) is 0 Å². The first-order valence-electron chi connectivity index (χ1n) is 7.27. The number of hydrogen-bond acceptors (Lipinski definition) is 4. The van der Waals surface area contributed by atoms with E-state index in [-0.39, 0.29) is 5.91 Å². The van der Waals surface area contributed by atoms with Gasteiger partial charge in [0.05, 0.1) is 12.2 Å². The summed E-state index contributed by atoms with van der Waals surface area (Å²) in [7, 11) is 0. The van der Waals surface area contributed by atoms with Crippen molar-refractivity contribution >= 4 is 34.9 Å². The Bertz CT molecular complexity index is 861. The van der Waals surface area contributed by atoms with Gasteiger partial charge in [-0.05, 0) is 35.9 Å². The molecule has 4 nitrogen and oxygen atoms in total. The van der Waals surface area contributed by atoms with Crippen LogP contribution in [0, 0.1) is 0 Å². The van der Waals surface area contributed by atoms with Crippen molar-refractivity contribution in [1.82, 2.24) is 15.3 Å². The van der Waals surface area contributed by atoms with E-state index in [2.05, 4.69) is 15.3 Å². The van der Waals surface area contributed by atoms with Crippen molar-refractivity contribution in [2.45, 2.75) is 6.54 Å². The van der Waals surface area contributed by atoms with Gasteiger partial charge in [-0.3, -0.25) is 9.78 Å². The maximum atomic E-state index is 11.9. The van der Waals surface area contributed by atoms with Crippen molar-refractivity contribution in [3.63, 3.8) is 0 Å². The summed E-state index contributed by atoms with van der Waals surface area (Å²) in [4.78, 5) is 20.4. The van der Waals surface area contributed by atoms with E-state index in [0.717, 1.165) is 21.8 Å². The summed E-state index contributed by atoms with van der Waals surface area (Å²) in [6.45, 7) is 0.389. The maximum absolute atomic E-state index is 11.9. The quantitative estimate of drug-likeness (QED) is 0.698. The minimum absolute atomic E-state index is 0.173. The normalized spacial score (nSPS) is 10.9. The molecule has 1 amide bonds. The molecular weight excluding hydrogens is 342 g/mol. The zero-order valence-corrected chi connectivity index (χ0v) is 14.2. The number of nitrogens with one attached hydrogen (secondary N) is 1. The Balaban J connectivity index is 1.56. The minimum Gasteiger partial charge on any atom is -0.347 e. The van der Waals surface area contributed by atoms with Crippen LogP contribution >= 0.6 is 22.9 Å². The third-order valence-electron chi connectivity index (χ3n) is 3.20. The first-order chi connectivity index (χ1) is 11.7. The third-order valence-corrected chi connectivity index (χ3v) is 4.37. The summed E-state index contributed by atoms with van der Waals surface area (Å²) >= 11 is 7.45. The second-order valence-electron chi connectivity index (χ2n) is 4.99. The lowest BCUT2D eigenvalue weighted by molar-refractivity contribution is -0.116. The fourth-order valence-corrected chi connectivity index (χ4v) is 3.06. The number of carbonyl (C=O) groups is 1. The average Bonchev–Trinajstić information content (AvgIpc) is 3.08. The van der Waals surface area contributed by atoms with Crippen molar-refractivity contribution in [1.29, 1.82) is 0 Å². The van der Waals surface area contributed by atoms with Crippen LogP contribution in [0.3, 0.4) is 0 Å². The lowest BCUT2D eigenvalue weighted by Gasteiger charge is -1.99. The predicted octanol–water partition coefficient (Wildman–Crippen LogP) is 4.19. The number of amides is 1. The molecule has 3 aromatic rings. The number of aromatic nitrogens is 2. The van der Waals surface area contributed by atoms with Crippen LogP contribution in [-0.2, 0) is 11.3 Å². The largest absolute Gasteiger partial charge is 0.347 e. The molecule has 0 spiro atoms. The van der Waals surface area contributed by atoms with Gasteiger partial charge >= 0.3 is 0 Å². The molecule has 120 valence electrons. The van der Waals surface area contributed by atoms with Gasteiger partial charge in [-0.25, -0.2) is 4.98 Å². The molecule has 3 rings (SSSR count). The second kappa shape index (κ2) is 7.86. The van der Waals surface area contributed by atoms with E-state index in [0.29, 0.717) is 11.6 Å². The van der Waals surface area contributed by atoms with Crippen LogP contribution in [0.4, 0.5) is 0 Å². The molecule has 0 atom stereocenters. The highest BCUT2D eigenvalue weighted by Crippen LogP contribution is 2.22. The van der Waals surface area contributed by atoms with Crippen molar-refractivity contribution in [3.05, 3.63) is 76.5 Å². The Morgan fingerprint density at radius 1 is 1.25 bits per heavy atom. The monoisotopic (exact) mass is 355 g/mol. The lowest BCUT2D eigenvalue weighted by atomic mass is 10.2. The molecule has 1 aromatic carbocycles. The summed E-state index contributed by atoms with van der Waals surface area (Å²) in [6, 6.07) is 11.1. The highest BCUT2D eigenvalue weighted by Gasteiger charge is 2.05. The van der Waals surface area contributed by atoms with Gasteiger partial charge in [-0.15, -0.1) is 11.3 Å². The van der Waals surface area contributed by atoms with Gasteiger partial charge in [-0.1, -0.05) is 23.7 Å². The van der Waals surface area contributed by atoms with Gasteiger partial charge in [0.1, 0.15) is 5.01 Å². The van der Waals surface area contributed by atoms with Crippen LogP contribution in [0.1, 0.15) is 11.3 Å². The van der Waals surface area contributed by atoms with Crippen LogP contribution in [0.25, 0.3) is 16.6 Å². The van der Waals surface area contributed by atoms with Crippen molar-refractivity contribution in [2.24, 2.45) is 0 Å². The average molecular weight is 356 g/mol. The zero-order valence-electron chi connectivity index (χ0n) is 12.6. The maximum Gasteiger partial charge on any atom is 0.244 e. The van der Waals surface area contributed by atoms with Crippen LogP contribution < -0.4 is 5.32 Å². The molecule has 1 N–H and O–H groups in total. The molecule has 0 aliphatic carbocycles. The Labute approximate surface area is 148 Å². The number of carbonyl (C=O) groups excluding carboxylic acids is 1. The first-order valence-corrected chi connectivity index (χ1v) is 8.53. The summed E-state index contributed by atoms with van der Waals surface area (Å²) in [5, 5.41) is 6.32. The van der Waals surface area contributed by atoms with E-state index >= 15 is 0 Å². The number of rotatable bonds is 5. The summed E-state index contributed by atoms with van der Waals surface area (Å²) in [5.41, 5.74) is 2.73. The number of nitrogens with zero attached hydrogens (tertiary/aromatic N) is 2. The van der Waals surface area contributed by atoms with E-state index in [1.165, 1.54) is 6.08 Å². The van der Waals surface area contributed by atoms with Crippen LogP contribution in [0.2, 0.25) is 5.02 Å². The van der Waals surface area contributed by atoms with Crippen LogP contribution in [-0.4, -0.2) is 15.9 Å². The third kappa shape index (κ3) is 4.50. The van der Waals surface area contributed by atoms with Gasteiger partial charge in [0.2, 0.25) is 5.91 Å². The molecular formula is C18H14ClN3OS. The number of hydrogen-bond donors (Lipinski definition) is 1. The number of benzene rings is 1. The molecule has 2 aromatic heterocycles. The van der Waals surface area contributed by atoms with Gasteiger partial charge in [0, 0.05) is 34.4 Å². The second-order valence-corrected chi connectivity index (χ2v) is 6.28. The van der Waals surface area contributed by atoms with Gasteiger partial charge in [0.25, 0.3) is 0 Å². The molecule has 0 bridgehead atoms. The lowest BCUT2D eigenvalue weighted by Crippen LogP contribution is -2.20. The van der Waals surface area contributed by atoms with Gasteiger partial charge < -0.3 is 5.32 Å². The molecule has 6 heteroatoms.